The van der Waals surface area contributed by atoms with E-state index < -0.39 is 15.6 Å². The molecule has 4 aromatic carbocycles. The molecule has 1 aliphatic rings. The van der Waals surface area contributed by atoms with Crippen LogP contribution in [0.15, 0.2) is 102 Å². The number of hydrogen-bond donors (Lipinski definition) is 1. The van der Waals surface area contributed by atoms with Crippen LogP contribution in [0.4, 0.5) is 4.79 Å². The van der Waals surface area contributed by atoms with E-state index in [1.54, 1.807) is 35.2 Å². The summed E-state index contributed by atoms with van der Waals surface area (Å²) in [5, 5.41) is 2.34. The third kappa shape index (κ3) is 7.56. The normalized spacial score (nSPS) is 17.7. The van der Waals surface area contributed by atoms with Crippen LogP contribution in [-0.2, 0) is 32.6 Å². The van der Waals surface area contributed by atoms with Crippen molar-refractivity contribution in [1.29, 1.82) is 0 Å². The second-order valence-corrected chi connectivity index (χ2v) is 13.5. The van der Waals surface area contributed by atoms with Crippen LogP contribution in [0.2, 0.25) is 0 Å². The van der Waals surface area contributed by atoms with Gasteiger partial charge in [0.25, 0.3) is 0 Å². The van der Waals surface area contributed by atoms with Gasteiger partial charge in [0.1, 0.15) is 5.60 Å². The van der Waals surface area contributed by atoms with Gasteiger partial charge in [-0.1, -0.05) is 78.9 Å². The molecule has 2 unspecified atom stereocenters. The number of hydrogen-bond acceptors (Lipinski definition) is 5. The molecular formula is C34H38N2O5S. The minimum Gasteiger partial charge on any atom is -0.444 e. The zero-order valence-corrected chi connectivity index (χ0v) is 25.1. The fourth-order valence-electron chi connectivity index (χ4n) is 5.23. The lowest BCUT2D eigenvalue weighted by Crippen LogP contribution is -2.48. The molecule has 1 heterocycles. The van der Waals surface area contributed by atoms with Crippen LogP contribution in [0.3, 0.4) is 0 Å². The Labute approximate surface area is 248 Å². The molecule has 4 aromatic rings. The third-order valence-electron chi connectivity index (χ3n) is 7.42. The first-order valence-corrected chi connectivity index (χ1v) is 15.8. The largest absolute Gasteiger partial charge is 0.444 e. The number of carbonyl (C=O) groups is 1. The monoisotopic (exact) mass is 586 g/mol. The van der Waals surface area contributed by atoms with E-state index in [0.29, 0.717) is 19.7 Å². The Balaban J connectivity index is 1.29. The van der Waals surface area contributed by atoms with E-state index in [1.807, 2.05) is 57.2 Å². The van der Waals surface area contributed by atoms with Gasteiger partial charge in [0.15, 0.2) is 0 Å². The quantitative estimate of drug-likeness (QED) is 0.251. The summed E-state index contributed by atoms with van der Waals surface area (Å²) in [5.41, 5.74) is 2.45. The van der Waals surface area contributed by atoms with Crippen molar-refractivity contribution in [3.8, 4) is 0 Å². The van der Waals surface area contributed by atoms with Gasteiger partial charge in [0, 0.05) is 19.0 Å². The Morgan fingerprint density at radius 1 is 0.881 bits per heavy atom. The molecule has 0 spiro atoms. The molecule has 220 valence electrons. The van der Waals surface area contributed by atoms with Crippen LogP contribution in [0, 0.1) is 0 Å². The number of sulfonamides is 1. The second-order valence-electron chi connectivity index (χ2n) is 11.7. The van der Waals surface area contributed by atoms with Gasteiger partial charge >= 0.3 is 6.09 Å². The molecule has 8 heteroatoms. The molecule has 0 bridgehead atoms. The van der Waals surface area contributed by atoms with Crippen molar-refractivity contribution in [2.75, 3.05) is 13.1 Å². The van der Waals surface area contributed by atoms with Crippen molar-refractivity contribution >= 4 is 26.9 Å². The van der Waals surface area contributed by atoms with Crippen LogP contribution < -0.4 is 4.72 Å². The van der Waals surface area contributed by atoms with E-state index in [2.05, 4.69) is 35.1 Å². The molecule has 1 N–H and O–H groups in total. The summed E-state index contributed by atoms with van der Waals surface area (Å²) in [5.74, 6) is 0.0687. The van der Waals surface area contributed by atoms with Crippen molar-refractivity contribution in [1.82, 2.24) is 9.62 Å². The Morgan fingerprint density at radius 2 is 1.55 bits per heavy atom. The highest BCUT2D eigenvalue weighted by Gasteiger charge is 2.35. The lowest BCUT2D eigenvalue weighted by molar-refractivity contribution is -0.0359. The molecule has 5 rings (SSSR count). The van der Waals surface area contributed by atoms with Crippen LogP contribution in [-0.4, -0.2) is 44.2 Å². The minimum absolute atomic E-state index is 0.0687. The molecule has 0 radical (unpaired) electrons. The zero-order chi connectivity index (χ0) is 29.7. The van der Waals surface area contributed by atoms with Crippen molar-refractivity contribution in [3.05, 3.63) is 114 Å². The van der Waals surface area contributed by atoms with E-state index in [9.17, 15) is 13.2 Å². The molecule has 1 aliphatic heterocycles. The summed E-state index contributed by atoms with van der Waals surface area (Å²) in [4.78, 5) is 14.9. The first kappa shape index (κ1) is 29.8. The number of rotatable bonds is 8. The molecule has 7 nitrogen and oxygen atoms in total. The van der Waals surface area contributed by atoms with Crippen LogP contribution >= 0.6 is 0 Å². The number of nitrogens with one attached hydrogen (secondary N) is 1. The number of piperidine rings is 1. The fourth-order valence-corrected chi connectivity index (χ4v) is 6.27. The Kier molecular flexibility index (Phi) is 8.96. The minimum atomic E-state index is -3.59. The number of nitrogens with zero attached hydrogens (tertiary/aromatic N) is 1. The smallest absolute Gasteiger partial charge is 0.410 e. The molecule has 0 saturated carbocycles. The fraction of sp³-hybridized carbons (Fsp3) is 0.324. The molecule has 1 fully saturated rings. The molecule has 1 saturated heterocycles. The van der Waals surface area contributed by atoms with E-state index in [0.717, 1.165) is 28.5 Å². The van der Waals surface area contributed by atoms with Gasteiger partial charge in [-0.3, -0.25) is 0 Å². The molecule has 2 atom stereocenters. The van der Waals surface area contributed by atoms with Gasteiger partial charge < -0.3 is 14.4 Å². The summed E-state index contributed by atoms with van der Waals surface area (Å²) in [6.45, 7) is 7.20. The summed E-state index contributed by atoms with van der Waals surface area (Å²) in [6, 6.07) is 30.9. The number of amides is 1. The molecular weight excluding hydrogens is 548 g/mol. The second kappa shape index (κ2) is 12.7. The van der Waals surface area contributed by atoms with Crippen molar-refractivity contribution in [2.45, 2.75) is 62.9 Å². The SMILES string of the molecule is CC(C)(C)OC(=O)N1CCC(c2ccc(CNS(=O)(=O)c3ccccc3)cc2)C(OCc2ccc3ccccc3c2)C1. The lowest BCUT2D eigenvalue weighted by Gasteiger charge is -2.39. The molecule has 0 aliphatic carbocycles. The molecule has 0 aromatic heterocycles. The Morgan fingerprint density at radius 3 is 2.26 bits per heavy atom. The topological polar surface area (TPSA) is 84.9 Å². The number of benzene rings is 4. The Hall–Kier alpha value is -3.72. The predicted molar refractivity (Wildman–Crippen MR) is 165 cm³/mol. The number of carbonyl (C=O) groups excluding carboxylic acids is 1. The standard InChI is InChI=1S/C34H38N2O5S/c1-34(2,3)41-33(37)36-20-19-31(32(23-36)40-24-26-15-16-27-9-7-8-10-29(27)21-26)28-17-13-25(14-18-28)22-35-42(38,39)30-11-5-4-6-12-30/h4-18,21,31-32,35H,19-20,22-24H2,1-3H3. The maximum absolute atomic E-state index is 12.9. The number of likely N-dealkylation sites (tertiary alicyclic amines) is 1. The maximum atomic E-state index is 12.9. The third-order valence-corrected chi connectivity index (χ3v) is 8.83. The average Bonchev–Trinajstić information content (AvgIpc) is 2.99. The first-order chi connectivity index (χ1) is 20.1. The average molecular weight is 587 g/mol. The highest BCUT2D eigenvalue weighted by Crippen LogP contribution is 2.32. The lowest BCUT2D eigenvalue weighted by atomic mass is 9.86. The highest BCUT2D eigenvalue weighted by atomic mass is 32.2. The van der Waals surface area contributed by atoms with Crippen molar-refractivity contribution < 1.29 is 22.7 Å². The van der Waals surface area contributed by atoms with Crippen LogP contribution in [0.25, 0.3) is 10.8 Å². The number of fused-ring (bicyclic) bond motifs is 1. The maximum Gasteiger partial charge on any atom is 0.410 e. The van der Waals surface area contributed by atoms with Gasteiger partial charge in [-0.2, -0.15) is 0 Å². The van der Waals surface area contributed by atoms with E-state index in [1.165, 1.54) is 5.39 Å². The van der Waals surface area contributed by atoms with Gasteiger partial charge in [0.2, 0.25) is 10.0 Å². The first-order valence-electron chi connectivity index (χ1n) is 14.3. The van der Waals surface area contributed by atoms with Crippen molar-refractivity contribution in [2.24, 2.45) is 0 Å². The van der Waals surface area contributed by atoms with Crippen LogP contribution in [0.1, 0.15) is 49.8 Å². The summed E-state index contributed by atoms with van der Waals surface area (Å²) in [6.07, 6.45) is 0.156. The summed E-state index contributed by atoms with van der Waals surface area (Å²) >= 11 is 0. The van der Waals surface area contributed by atoms with E-state index >= 15 is 0 Å². The van der Waals surface area contributed by atoms with Gasteiger partial charge in [-0.25, -0.2) is 17.9 Å². The Bertz CT molecular complexity index is 1620. The highest BCUT2D eigenvalue weighted by molar-refractivity contribution is 7.89. The summed E-state index contributed by atoms with van der Waals surface area (Å²) < 4.78 is 40.1. The van der Waals surface area contributed by atoms with Gasteiger partial charge in [-0.15, -0.1) is 0 Å². The molecule has 1 amide bonds. The van der Waals surface area contributed by atoms with Gasteiger partial charge in [0.05, 0.1) is 24.2 Å². The molecule has 42 heavy (non-hydrogen) atoms. The van der Waals surface area contributed by atoms with E-state index in [-0.39, 0.29) is 29.6 Å². The number of ether oxygens (including phenoxy) is 2. The summed E-state index contributed by atoms with van der Waals surface area (Å²) in [7, 11) is -3.59. The van der Waals surface area contributed by atoms with E-state index in [4.69, 9.17) is 9.47 Å². The van der Waals surface area contributed by atoms with Crippen molar-refractivity contribution in [3.63, 3.8) is 0 Å². The zero-order valence-electron chi connectivity index (χ0n) is 24.3. The van der Waals surface area contributed by atoms with Crippen LogP contribution in [0.5, 0.6) is 0 Å². The van der Waals surface area contributed by atoms with Gasteiger partial charge in [-0.05, 0) is 72.9 Å². The predicted octanol–water partition coefficient (Wildman–Crippen LogP) is 6.63.